The summed E-state index contributed by atoms with van der Waals surface area (Å²) in [6, 6.07) is 9.41. The van der Waals surface area contributed by atoms with Gasteiger partial charge in [-0.15, -0.1) is 0 Å². The zero-order valence-electron chi connectivity index (χ0n) is 16.9. The zero-order valence-corrected chi connectivity index (χ0v) is 16.9. The topological polar surface area (TPSA) is 205 Å². The monoisotopic (exact) mass is 462 g/mol. The molecule has 11 nitrogen and oxygen atoms in total. The number of rotatable bonds is 6. The number of Topliss-reactive ketones (excluding diaryl/α,β-unsaturated/α-hetero) is 1. The number of carbonyl (C=O) groups is 2. The number of aliphatic hydroxyl groups excluding tert-OH is 3. The maximum Gasteiger partial charge on any atom is 0.272 e. The fraction of sp³-hybridized carbons (Fsp3) is 0.273. The van der Waals surface area contributed by atoms with Gasteiger partial charge in [0, 0.05) is 5.56 Å². The lowest BCUT2D eigenvalue weighted by atomic mass is 9.73. The number of hydrogen-bond donors (Lipinski definition) is 8. The van der Waals surface area contributed by atoms with Crippen LogP contribution in [0.2, 0.25) is 0 Å². The van der Waals surface area contributed by atoms with Crippen LogP contribution >= 0.6 is 0 Å². The highest BCUT2D eigenvalue weighted by Crippen LogP contribution is 2.42. The van der Waals surface area contributed by atoms with E-state index < -0.39 is 70.7 Å². The molecular formula is C22H22O11. The van der Waals surface area contributed by atoms with Crippen molar-refractivity contribution in [3.63, 3.8) is 0 Å². The molecule has 33 heavy (non-hydrogen) atoms. The normalized spacial score (nSPS) is 29.8. The summed E-state index contributed by atoms with van der Waals surface area (Å²) in [4.78, 5) is 26.1. The van der Waals surface area contributed by atoms with Gasteiger partial charge in [-0.2, -0.15) is 0 Å². The van der Waals surface area contributed by atoms with Crippen molar-refractivity contribution in [3.8, 4) is 17.2 Å². The third-order valence-electron chi connectivity index (χ3n) is 5.39. The molecule has 3 rings (SSSR count). The molecule has 0 aromatic heterocycles. The van der Waals surface area contributed by atoms with Crippen LogP contribution in [0, 0.1) is 0 Å². The van der Waals surface area contributed by atoms with Crippen molar-refractivity contribution < 1.29 is 55.2 Å². The highest BCUT2D eigenvalue weighted by molar-refractivity contribution is 6.11. The van der Waals surface area contributed by atoms with Crippen molar-refractivity contribution in [1.29, 1.82) is 0 Å². The Kier molecular flexibility index (Phi) is 6.56. The highest BCUT2D eigenvalue weighted by atomic mass is 16.7. The second kappa shape index (κ2) is 8.90. The predicted molar refractivity (Wildman–Crippen MR) is 110 cm³/mol. The van der Waals surface area contributed by atoms with E-state index in [0.717, 1.165) is 6.08 Å². The summed E-state index contributed by atoms with van der Waals surface area (Å²) in [7, 11) is 0. The number of ketones is 2. The van der Waals surface area contributed by atoms with Crippen molar-refractivity contribution in [2.24, 2.45) is 0 Å². The van der Waals surface area contributed by atoms with E-state index in [1.165, 1.54) is 6.08 Å². The first-order chi connectivity index (χ1) is 15.5. The molecule has 2 aromatic rings. The Morgan fingerprint density at radius 3 is 2.12 bits per heavy atom. The summed E-state index contributed by atoms with van der Waals surface area (Å²) in [6.07, 6.45) is -4.45. The van der Waals surface area contributed by atoms with E-state index in [1.54, 1.807) is 30.3 Å². The van der Waals surface area contributed by atoms with Gasteiger partial charge in [-0.1, -0.05) is 36.4 Å². The van der Waals surface area contributed by atoms with E-state index in [-0.39, 0.29) is 0 Å². The lowest BCUT2D eigenvalue weighted by Gasteiger charge is -2.50. The first-order valence-corrected chi connectivity index (χ1v) is 9.64. The maximum absolute atomic E-state index is 13.2. The molecule has 8 N–H and O–H groups in total. The number of hydrogen-bond acceptors (Lipinski definition) is 11. The minimum absolute atomic E-state index is 0.484. The SMILES string of the molecule is O=C(C=Cc1ccccc1)[C@@]1(O)[C@@H](O)[C@H](O)[C@@H](CO)O[C@]1(O)C(=O)c1cc(O)c(O)c(O)c1. The number of benzene rings is 2. The summed E-state index contributed by atoms with van der Waals surface area (Å²) in [5, 5.41) is 81.4. The maximum atomic E-state index is 13.2. The molecule has 0 unspecified atom stereocenters. The van der Waals surface area contributed by atoms with E-state index in [1.807, 2.05) is 0 Å². The molecule has 0 bridgehead atoms. The summed E-state index contributed by atoms with van der Waals surface area (Å²) < 4.78 is 5.04. The molecule has 11 heteroatoms. The lowest BCUT2D eigenvalue weighted by Crippen LogP contribution is -2.78. The van der Waals surface area contributed by atoms with Crippen LogP contribution in [0.4, 0.5) is 0 Å². The summed E-state index contributed by atoms with van der Waals surface area (Å²) in [5.74, 6) is -9.58. The number of aromatic hydroxyl groups is 3. The molecule has 1 saturated heterocycles. The number of phenolic OH excluding ortho intramolecular Hbond substituents is 3. The number of carbonyl (C=O) groups excluding carboxylic acids is 2. The number of phenols is 3. The van der Waals surface area contributed by atoms with Crippen LogP contribution in [-0.4, -0.2) is 88.7 Å². The molecule has 0 aliphatic carbocycles. The van der Waals surface area contributed by atoms with Gasteiger partial charge in [0.05, 0.1) is 6.61 Å². The van der Waals surface area contributed by atoms with E-state index in [2.05, 4.69) is 0 Å². The number of aliphatic hydroxyl groups is 5. The molecule has 1 aliphatic heterocycles. The van der Waals surface area contributed by atoms with Crippen molar-refractivity contribution in [2.75, 3.05) is 6.61 Å². The fourth-order valence-electron chi connectivity index (χ4n) is 3.51. The second-order valence-corrected chi connectivity index (χ2v) is 7.49. The second-order valence-electron chi connectivity index (χ2n) is 7.49. The highest BCUT2D eigenvalue weighted by Gasteiger charge is 2.70. The van der Waals surface area contributed by atoms with E-state index in [4.69, 9.17) is 4.74 Å². The molecule has 5 atom stereocenters. The molecule has 2 aromatic carbocycles. The standard InChI is InChI=1S/C22H22O11/c23-10-15-18(28)20(30)21(31,16(26)7-6-11-4-2-1-3-5-11)22(32,33-15)19(29)12-8-13(24)17(27)14(25)9-12/h1-9,15,18,20,23-25,27-28,30-32H,10H2/t15-,18-,20+,21-,22-/m1/s1. The zero-order chi connectivity index (χ0) is 24.6. The Morgan fingerprint density at radius 2 is 1.58 bits per heavy atom. The first kappa shape index (κ1) is 24.3. The van der Waals surface area contributed by atoms with Gasteiger partial charge in [-0.3, -0.25) is 9.59 Å². The van der Waals surface area contributed by atoms with Gasteiger partial charge in [0.15, 0.2) is 23.0 Å². The van der Waals surface area contributed by atoms with Crippen LogP contribution in [0.5, 0.6) is 17.2 Å². The molecule has 1 aliphatic rings. The average Bonchev–Trinajstić information content (AvgIpc) is 2.81. The fourth-order valence-corrected chi connectivity index (χ4v) is 3.51. The quantitative estimate of drug-likeness (QED) is 0.145. The van der Waals surface area contributed by atoms with Gasteiger partial charge in [-0.05, 0) is 23.8 Å². The molecule has 0 radical (unpaired) electrons. The molecule has 1 fully saturated rings. The van der Waals surface area contributed by atoms with Crippen LogP contribution in [0.25, 0.3) is 6.08 Å². The van der Waals surface area contributed by atoms with Crippen molar-refractivity contribution >= 4 is 17.6 Å². The predicted octanol–water partition coefficient (Wildman–Crippen LogP) is -1.20. The summed E-state index contributed by atoms with van der Waals surface area (Å²) >= 11 is 0. The smallest absolute Gasteiger partial charge is 0.272 e. The Bertz CT molecular complexity index is 1060. The van der Waals surface area contributed by atoms with Crippen molar-refractivity contribution in [1.82, 2.24) is 0 Å². The summed E-state index contributed by atoms with van der Waals surface area (Å²) in [6.45, 7) is -1.02. The van der Waals surface area contributed by atoms with Crippen LogP contribution in [0.1, 0.15) is 15.9 Å². The van der Waals surface area contributed by atoms with E-state index >= 15 is 0 Å². The Hall–Kier alpha value is -3.32. The van der Waals surface area contributed by atoms with Gasteiger partial charge >= 0.3 is 0 Å². The third-order valence-corrected chi connectivity index (χ3v) is 5.39. The molecule has 0 amide bonds. The minimum Gasteiger partial charge on any atom is -0.504 e. The first-order valence-electron chi connectivity index (χ1n) is 9.64. The Morgan fingerprint density at radius 1 is 1.00 bits per heavy atom. The molecule has 176 valence electrons. The van der Waals surface area contributed by atoms with Crippen molar-refractivity contribution in [3.05, 3.63) is 59.7 Å². The average molecular weight is 462 g/mol. The largest absolute Gasteiger partial charge is 0.504 e. The summed E-state index contributed by atoms with van der Waals surface area (Å²) in [5.41, 5.74) is -3.73. The van der Waals surface area contributed by atoms with Crippen LogP contribution in [0.3, 0.4) is 0 Å². The molecular weight excluding hydrogens is 440 g/mol. The van der Waals surface area contributed by atoms with Gasteiger partial charge in [-0.25, -0.2) is 0 Å². The molecule has 0 saturated carbocycles. The Balaban J connectivity index is 2.12. The van der Waals surface area contributed by atoms with Gasteiger partial charge in [0.2, 0.25) is 11.4 Å². The third kappa shape index (κ3) is 3.97. The van der Waals surface area contributed by atoms with E-state index in [9.17, 15) is 50.4 Å². The van der Waals surface area contributed by atoms with Crippen LogP contribution in [-0.2, 0) is 9.53 Å². The van der Waals surface area contributed by atoms with Gasteiger partial charge in [0.1, 0.15) is 18.3 Å². The molecule has 0 spiro atoms. The van der Waals surface area contributed by atoms with Gasteiger partial charge in [0.25, 0.3) is 5.79 Å². The van der Waals surface area contributed by atoms with Crippen LogP contribution < -0.4 is 0 Å². The van der Waals surface area contributed by atoms with E-state index in [0.29, 0.717) is 17.7 Å². The van der Waals surface area contributed by atoms with Crippen LogP contribution in [0.15, 0.2) is 48.5 Å². The number of ether oxygens (including phenoxy) is 1. The minimum atomic E-state index is -3.59. The van der Waals surface area contributed by atoms with Crippen molar-refractivity contribution in [2.45, 2.75) is 29.7 Å². The molecule has 1 heterocycles. The Labute approximate surface area is 186 Å². The van der Waals surface area contributed by atoms with Gasteiger partial charge < -0.3 is 45.6 Å². The lowest BCUT2D eigenvalue weighted by molar-refractivity contribution is -0.349.